The summed E-state index contributed by atoms with van der Waals surface area (Å²) in [5.41, 5.74) is 1.74. The average molecular weight is 1320 g/mol. The van der Waals surface area contributed by atoms with Crippen LogP contribution in [0.25, 0.3) is 0 Å². The molecule has 0 aromatic heterocycles. The first-order chi connectivity index (χ1) is 23.0. The van der Waals surface area contributed by atoms with Gasteiger partial charge in [0, 0.05) is 20.3 Å². The fourth-order valence-corrected chi connectivity index (χ4v) is 12.3. The second kappa shape index (κ2) is 18.9. The Bertz CT molecular complexity index is 1600. The number of benzene rings is 4. The second-order valence-electron chi connectivity index (χ2n) is 11.6. The number of aliphatic hydroxyl groups excluding tert-OH is 1. The molecule has 0 fully saturated rings. The summed E-state index contributed by atoms with van der Waals surface area (Å²) in [6.07, 6.45) is -0.862. The standard InChI is InChI=1S/C34H28Br10O5/c1-16(13-47-32-26(41)8-19(35)9-27(32)42)12-46-30-22(37)4-17(5-23(30)38)34(2,3)18-6-24(39)31(25(40)7-18)48-14-21(45)15-49-33-28(43)10-20(36)11-29(33)44/h4-11,16,21,45H,12-15H2,1-3H3. The third kappa shape index (κ3) is 11.4. The third-order valence-corrected chi connectivity index (χ3v) is 12.9. The number of ether oxygens (including phenoxy) is 4. The molecule has 0 aliphatic carbocycles. The number of rotatable bonds is 14. The van der Waals surface area contributed by atoms with Gasteiger partial charge in [0.05, 0.1) is 49.0 Å². The highest BCUT2D eigenvalue weighted by molar-refractivity contribution is 9.12. The van der Waals surface area contributed by atoms with E-state index in [0.29, 0.717) is 24.7 Å². The predicted octanol–water partition coefficient (Wildman–Crippen LogP) is 14.6. The van der Waals surface area contributed by atoms with Crippen LogP contribution in [0, 0.1) is 5.92 Å². The van der Waals surface area contributed by atoms with Crippen molar-refractivity contribution in [3.8, 4) is 23.0 Å². The molecule has 0 amide bonds. The topological polar surface area (TPSA) is 57.2 Å². The molecule has 0 bridgehead atoms. The first-order valence-corrected chi connectivity index (χ1v) is 22.4. The molecule has 0 radical (unpaired) electrons. The number of halogens is 10. The molecule has 0 aliphatic heterocycles. The molecule has 4 aromatic rings. The lowest BCUT2D eigenvalue weighted by Crippen LogP contribution is -2.25. The third-order valence-electron chi connectivity index (χ3n) is 7.23. The molecule has 1 N–H and O–H groups in total. The van der Waals surface area contributed by atoms with Crippen molar-refractivity contribution in [2.75, 3.05) is 26.4 Å². The molecule has 2 unspecified atom stereocenters. The SMILES string of the molecule is CC(COc1c(Br)cc(Br)cc1Br)COc1c(Br)cc(C(C)(C)c2cc(Br)c(OCC(O)COc3c(Br)cc(Br)cc3Br)c(Br)c2)cc1Br. The van der Waals surface area contributed by atoms with E-state index in [0.717, 1.165) is 67.4 Å². The predicted molar refractivity (Wildman–Crippen MR) is 232 cm³/mol. The highest BCUT2D eigenvalue weighted by Crippen LogP contribution is 2.44. The highest BCUT2D eigenvalue weighted by Gasteiger charge is 2.28. The fourth-order valence-electron chi connectivity index (χ4n) is 4.52. The van der Waals surface area contributed by atoms with Gasteiger partial charge in [0.25, 0.3) is 0 Å². The van der Waals surface area contributed by atoms with E-state index in [1.807, 2.05) is 36.4 Å². The maximum absolute atomic E-state index is 10.6. The molecule has 4 aromatic carbocycles. The first-order valence-electron chi connectivity index (χ1n) is 14.4. The minimum Gasteiger partial charge on any atom is -0.491 e. The largest absolute Gasteiger partial charge is 0.491 e. The zero-order chi connectivity index (χ0) is 36.2. The van der Waals surface area contributed by atoms with Crippen LogP contribution < -0.4 is 18.9 Å². The van der Waals surface area contributed by atoms with Crippen LogP contribution in [0.4, 0.5) is 0 Å². The number of hydrogen-bond acceptors (Lipinski definition) is 5. The Morgan fingerprint density at radius 2 is 0.714 bits per heavy atom. The van der Waals surface area contributed by atoms with Crippen LogP contribution in [0.1, 0.15) is 31.9 Å². The van der Waals surface area contributed by atoms with E-state index in [2.05, 4.69) is 192 Å². The second-order valence-corrected chi connectivity index (χ2v) is 20.2. The van der Waals surface area contributed by atoms with Gasteiger partial charge in [-0.15, -0.1) is 0 Å². The summed E-state index contributed by atoms with van der Waals surface area (Å²) in [6.45, 7) is 7.44. The van der Waals surface area contributed by atoms with Gasteiger partial charge in [-0.25, -0.2) is 0 Å². The molecule has 0 saturated carbocycles. The van der Waals surface area contributed by atoms with Gasteiger partial charge >= 0.3 is 0 Å². The average Bonchev–Trinajstić information content (AvgIpc) is 2.98. The molecule has 15 heteroatoms. The Kier molecular flexibility index (Phi) is 16.5. The van der Waals surface area contributed by atoms with Crippen LogP contribution >= 0.6 is 159 Å². The zero-order valence-corrected chi connectivity index (χ0v) is 41.8. The molecule has 5 nitrogen and oxygen atoms in total. The van der Waals surface area contributed by atoms with Gasteiger partial charge in [-0.3, -0.25) is 0 Å². The maximum atomic E-state index is 10.6. The van der Waals surface area contributed by atoms with Crippen molar-refractivity contribution in [2.24, 2.45) is 5.92 Å². The van der Waals surface area contributed by atoms with Crippen LogP contribution in [0.2, 0.25) is 0 Å². The summed E-state index contributed by atoms with van der Waals surface area (Å²) in [4.78, 5) is 0. The van der Waals surface area contributed by atoms with Gasteiger partial charge in [0.15, 0.2) is 0 Å². The quantitative estimate of drug-likeness (QED) is 0.136. The van der Waals surface area contributed by atoms with Crippen molar-refractivity contribution in [3.05, 3.63) is 104 Å². The van der Waals surface area contributed by atoms with Crippen LogP contribution in [0.5, 0.6) is 23.0 Å². The summed E-state index contributed by atoms with van der Waals surface area (Å²) in [6, 6.07) is 15.9. The molecular formula is C34H28Br10O5. The van der Waals surface area contributed by atoms with Crippen molar-refractivity contribution in [1.82, 2.24) is 0 Å². The summed E-state index contributed by atoms with van der Waals surface area (Å²) >= 11 is 35.9. The van der Waals surface area contributed by atoms with Gasteiger partial charge in [-0.2, -0.15) is 0 Å². The maximum Gasteiger partial charge on any atom is 0.147 e. The molecule has 0 spiro atoms. The highest BCUT2D eigenvalue weighted by atomic mass is 79.9. The van der Waals surface area contributed by atoms with Crippen molar-refractivity contribution in [3.63, 3.8) is 0 Å². The minimum absolute atomic E-state index is 0.0388. The van der Waals surface area contributed by atoms with E-state index in [9.17, 15) is 5.11 Å². The summed E-state index contributed by atoms with van der Waals surface area (Å²) in [7, 11) is 0. The van der Waals surface area contributed by atoms with E-state index in [-0.39, 0.29) is 19.1 Å². The van der Waals surface area contributed by atoms with E-state index in [4.69, 9.17) is 18.9 Å². The molecular weight excluding hydrogens is 1290 g/mol. The molecule has 49 heavy (non-hydrogen) atoms. The van der Waals surface area contributed by atoms with Crippen LogP contribution in [-0.2, 0) is 5.41 Å². The summed E-state index contributed by atoms with van der Waals surface area (Å²) < 4.78 is 32.5. The van der Waals surface area contributed by atoms with Gasteiger partial charge in [0.2, 0.25) is 0 Å². The number of hydrogen-bond donors (Lipinski definition) is 1. The van der Waals surface area contributed by atoms with Crippen molar-refractivity contribution in [2.45, 2.75) is 32.3 Å². The Morgan fingerprint density at radius 3 is 1.00 bits per heavy atom. The lowest BCUT2D eigenvalue weighted by atomic mass is 9.78. The Hall–Kier alpha value is 0.840. The van der Waals surface area contributed by atoms with Crippen LogP contribution in [0.3, 0.4) is 0 Å². The molecule has 2 atom stereocenters. The zero-order valence-electron chi connectivity index (χ0n) is 26.0. The molecule has 4 rings (SSSR count). The van der Waals surface area contributed by atoms with E-state index < -0.39 is 11.5 Å². The van der Waals surface area contributed by atoms with Gasteiger partial charge in [0.1, 0.15) is 42.3 Å². The lowest BCUT2D eigenvalue weighted by molar-refractivity contribution is 0.0616. The lowest BCUT2D eigenvalue weighted by Gasteiger charge is -2.28. The normalized spacial score (nSPS) is 12.9. The van der Waals surface area contributed by atoms with E-state index >= 15 is 0 Å². The van der Waals surface area contributed by atoms with Gasteiger partial charge < -0.3 is 24.1 Å². The minimum atomic E-state index is -0.862. The van der Waals surface area contributed by atoms with Crippen molar-refractivity contribution >= 4 is 159 Å². The molecule has 264 valence electrons. The van der Waals surface area contributed by atoms with E-state index in [1.54, 1.807) is 0 Å². The van der Waals surface area contributed by atoms with Gasteiger partial charge in [-0.1, -0.05) is 52.6 Å². The van der Waals surface area contributed by atoms with Crippen molar-refractivity contribution < 1.29 is 24.1 Å². The van der Waals surface area contributed by atoms with Crippen LogP contribution in [-0.4, -0.2) is 37.6 Å². The monoisotopic (exact) mass is 1310 g/mol. The number of aliphatic hydroxyl groups is 1. The fraction of sp³-hybridized carbons (Fsp3) is 0.294. The Balaban J connectivity index is 1.39. The van der Waals surface area contributed by atoms with Gasteiger partial charge in [-0.05, 0) is 187 Å². The van der Waals surface area contributed by atoms with Crippen molar-refractivity contribution in [1.29, 1.82) is 0 Å². The Morgan fingerprint density at radius 1 is 0.469 bits per heavy atom. The van der Waals surface area contributed by atoms with Crippen LogP contribution in [0.15, 0.2) is 93.3 Å². The molecule has 0 aliphatic rings. The summed E-state index contributed by atoms with van der Waals surface area (Å²) in [5.74, 6) is 2.80. The Labute approximate surface area is 370 Å². The first kappa shape index (κ1) is 42.6. The molecule has 0 heterocycles. The van der Waals surface area contributed by atoms with E-state index in [1.165, 1.54) is 0 Å². The smallest absolute Gasteiger partial charge is 0.147 e. The molecule has 0 saturated heterocycles. The summed E-state index contributed by atoms with van der Waals surface area (Å²) in [5, 5.41) is 10.6.